The SMILES string of the molecule is O=C(NCCCCC(=O)N1CCC(O)(C(=O)O)C1)OCC1c2ccccc2-c2ccccc21. The van der Waals surface area contributed by atoms with Crippen LogP contribution >= 0.6 is 0 Å². The van der Waals surface area contributed by atoms with Gasteiger partial charge in [0.25, 0.3) is 0 Å². The number of unbranched alkanes of at least 4 members (excludes halogenated alkanes) is 1. The maximum absolute atomic E-state index is 12.2. The third kappa shape index (κ3) is 4.85. The number of carbonyl (C=O) groups is 3. The molecule has 0 bridgehead atoms. The van der Waals surface area contributed by atoms with Gasteiger partial charge in [-0.2, -0.15) is 0 Å². The minimum Gasteiger partial charge on any atom is -0.479 e. The zero-order valence-electron chi connectivity index (χ0n) is 18.3. The molecule has 1 atom stereocenters. The van der Waals surface area contributed by atoms with E-state index in [1.807, 2.05) is 24.3 Å². The number of nitrogens with zero attached hydrogens (tertiary/aromatic N) is 1. The number of nitrogens with one attached hydrogen (secondary N) is 1. The highest BCUT2D eigenvalue weighted by Gasteiger charge is 2.44. The van der Waals surface area contributed by atoms with E-state index >= 15 is 0 Å². The summed E-state index contributed by atoms with van der Waals surface area (Å²) in [6.07, 6.45) is 0.922. The number of amides is 2. The summed E-state index contributed by atoms with van der Waals surface area (Å²) >= 11 is 0. The first-order valence-corrected chi connectivity index (χ1v) is 11.2. The lowest BCUT2D eigenvalue weighted by molar-refractivity contribution is -0.157. The summed E-state index contributed by atoms with van der Waals surface area (Å²) in [6, 6.07) is 16.3. The molecule has 3 N–H and O–H groups in total. The molecule has 2 aliphatic rings. The van der Waals surface area contributed by atoms with Crippen LogP contribution in [0.25, 0.3) is 11.1 Å². The number of fused-ring (bicyclic) bond motifs is 3. The molecule has 0 aromatic heterocycles. The van der Waals surface area contributed by atoms with E-state index in [9.17, 15) is 19.5 Å². The number of aliphatic hydroxyl groups is 1. The Kier molecular flexibility index (Phi) is 6.65. The molecule has 1 saturated heterocycles. The number of hydrogen-bond donors (Lipinski definition) is 3. The molecule has 0 spiro atoms. The Morgan fingerprint density at radius 3 is 2.27 bits per heavy atom. The molecule has 8 heteroatoms. The van der Waals surface area contributed by atoms with Crippen molar-refractivity contribution in [2.45, 2.75) is 37.2 Å². The van der Waals surface area contributed by atoms with Gasteiger partial charge in [-0.25, -0.2) is 9.59 Å². The minimum atomic E-state index is -1.85. The molecular formula is C25H28N2O6. The van der Waals surface area contributed by atoms with Gasteiger partial charge in [0.1, 0.15) is 6.61 Å². The van der Waals surface area contributed by atoms with Crippen LogP contribution in [0.4, 0.5) is 4.79 Å². The molecule has 1 fully saturated rings. The number of carbonyl (C=O) groups excluding carboxylic acids is 2. The number of ether oxygens (including phenoxy) is 1. The van der Waals surface area contributed by atoms with E-state index in [-0.39, 0.29) is 44.4 Å². The molecule has 2 aromatic rings. The van der Waals surface area contributed by atoms with Crippen LogP contribution < -0.4 is 5.32 Å². The van der Waals surface area contributed by atoms with E-state index < -0.39 is 17.7 Å². The lowest BCUT2D eigenvalue weighted by atomic mass is 9.98. The van der Waals surface area contributed by atoms with Crippen molar-refractivity contribution >= 4 is 18.0 Å². The summed E-state index contributed by atoms with van der Waals surface area (Å²) in [5.74, 6) is -1.48. The smallest absolute Gasteiger partial charge is 0.407 e. The largest absolute Gasteiger partial charge is 0.479 e. The van der Waals surface area contributed by atoms with Gasteiger partial charge < -0.3 is 25.2 Å². The van der Waals surface area contributed by atoms with Gasteiger partial charge in [-0.3, -0.25) is 4.79 Å². The van der Waals surface area contributed by atoms with Gasteiger partial charge in [0.15, 0.2) is 5.60 Å². The fraction of sp³-hybridized carbons (Fsp3) is 0.400. The maximum Gasteiger partial charge on any atom is 0.407 e. The topological polar surface area (TPSA) is 116 Å². The van der Waals surface area contributed by atoms with Gasteiger partial charge in [-0.15, -0.1) is 0 Å². The van der Waals surface area contributed by atoms with Crippen molar-refractivity contribution in [2.75, 3.05) is 26.2 Å². The van der Waals surface area contributed by atoms with E-state index in [0.717, 1.165) is 11.1 Å². The third-order valence-electron chi connectivity index (χ3n) is 6.43. The van der Waals surface area contributed by atoms with Crippen LogP contribution in [0.15, 0.2) is 48.5 Å². The van der Waals surface area contributed by atoms with Gasteiger partial charge >= 0.3 is 12.1 Å². The predicted octanol–water partition coefficient (Wildman–Crippen LogP) is 2.74. The van der Waals surface area contributed by atoms with Crippen molar-refractivity contribution in [3.8, 4) is 11.1 Å². The molecule has 2 amide bonds. The van der Waals surface area contributed by atoms with Crippen LogP contribution in [0, 0.1) is 0 Å². The summed E-state index contributed by atoms with van der Waals surface area (Å²) in [7, 11) is 0. The second-order valence-electron chi connectivity index (χ2n) is 8.61. The molecule has 1 unspecified atom stereocenters. The Morgan fingerprint density at radius 2 is 1.67 bits per heavy atom. The van der Waals surface area contributed by atoms with E-state index in [1.165, 1.54) is 16.0 Å². The Hall–Kier alpha value is -3.39. The lowest BCUT2D eigenvalue weighted by Crippen LogP contribution is -2.42. The highest BCUT2D eigenvalue weighted by molar-refractivity contribution is 5.82. The molecule has 4 rings (SSSR count). The van der Waals surface area contributed by atoms with Gasteiger partial charge in [0, 0.05) is 31.8 Å². The number of alkyl carbamates (subject to hydrolysis) is 1. The lowest BCUT2D eigenvalue weighted by Gasteiger charge is -2.19. The molecule has 0 radical (unpaired) electrons. The summed E-state index contributed by atoms with van der Waals surface area (Å²) in [6.45, 7) is 0.682. The molecule has 33 heavy (non-hydrogen) atoms. The highest BCUT2D eigenvalue weighted by Crippen LogP contribution is 2.44. The average molecular weight is 453 g/mol. The third-order valence-corrected chi connectivity index (χ3v) is 6.43. The number of β-amino-alcohol motifs (C(OH)–C–C–N with tert-alkyl or cyclic N) is 1. The molecule has 1 aliphatic heterocycles. The second-order valence-corrected chi connectivity index (χ2v) is 8.61. The van der Waals surface area contributed by atoms with Crippen LogP contribution in [0.5, 0.6) is 0 Å². The van der Waals surface area contributed by atoms with Gasteiger partial charge in [0.05, 0.1) is 6.54 Å². The fourth-order valence-electron chi connectivity index (χ4n) is 4.58. The monoisotopic (exact) mass is 452 g/mol. The first-order chi connectivity index (χ1) is 15.9. The van der Waals surface area contributed by atoms with Crippen LogP contribution in [-0.2, 0) is 14.3 Å². The van der Waals surface area contributed by atoms with Crippen molar-refractivity contribution in [2.24, 2.45) is 0 Å². The van der Waals surface area contributed by atoms with Crippen molar-refractivity contribution in [1.29, 1.82) is 0 Å². The van der Waals surface area contributed by atoms with Crippen LogP contribution in [0.2, 0.25) is 0 Å². The number of benzene rings is 2. The molecule has 1 aliphatic carbocycles. The Labute approximate surface area is 192 Å². The van der Waals surface area contributed by atoms with Crippen LogP contribution in [0.1, 0.15) is 42.7 Å². The Bertz CT molecular complexity index is 1010. The first kappa shape index (κ1) is 22.8. The zero-order chi connectivity index (χ0) is 23.4. The van der Waals surface area contributed by atoms with Gasteiger partial charge in [-0.05, 0) is 35.1 Å². The molecule has 1 heterocycles. The van der Waals surface area contributed by atoms with Crippen molar-refractivity contribution in [3.63, 3.8) is 0 Å². The van der Waals surface area contributed by atoms with Crippen molar-refractivity contribution in [1.82, 2.24) is 10.2 Å². The number of carboxylic acid groups (broad SMARTS) is 1. The van der Waals surface area contributed by atoms with Crippen molar-refractivity contribution in [3.05, 3.63) is 59.7 Å². The van der Waals surface area contributed by atoms with Gasteiger partial charge in [0.2, 0.25) is 5.91 Å². The van der Waals surface area contributed by atoms with E-state index in [1.54, 1.807) is 0 Å². The summed E-state index contributed by atoms with van der Waals surface area (Å²) in [4.78, 5) is 36.8. The summed E-state index contributed by atoms with van der Waals surface area (Å²) in [5.41, 5.74) is 2.81. The number of aliphatic carboxylic acids is 1. The molecule has 174 valence electrons. The number of rotatable bonds is 8. The maximum atomic E-state index is 12.2. The number of carboxylic acids is 1. The predicted molar refractivity (Wildman–Crippen MR) is 121 cm³/mol. The molecule has 0 saturated carbocycles. The molecule has 8 nitrogen and oxygen atoms in total. The van der Waals surface area contributed by atoms with Crippen LogP contribution in [0.3, 0.4) is 0 Å². The Balaban J connectivity index is 1.17. The first-order valence-electron chi connectivity index (χ1n) is 11.2. The molecular weight excluding hydrogens is 424 g/mol. The summed E-state index contributed by atoms with van der Waals surface area (Å²) < 4.78 is 5.49. The number of hydrogen-bond acceptors (Lipinski definition) is 5. The minimum absolute atomic E-state index is 0.00526. The normalized spacial score (nSPS) is 19.1. The summed E-state index contributed by atoms with van der Waals surface area (Å²) in [5, 5.41) is 21.7. The van der Waals surface area contributed by atoms with E-state index in [0.29, 0.717) is 19.4 Å². The van der Waals surface area contributed by atoms with E-state index in [4.69, 9.17) is 9.84 Å². The second kappa shape index (κ2) is 9.62. The van der Waals surface area contributed by atoms with E-state index in [2.05, 4.69) is 29.6 Å². The number of likely N-dealkylation sites (tertiary alicyclic amines) is 1. The van der Waals surface area contributed by atoms with Gasteiger partial charge in [-0.1, -0.05) is 48.5 Å². The zero-order valence-corrected chi connectivity index (χ0v) is 18.3. The van der Waals surface area contributed by atoms with Crippen molar-refractivity contribution < 1.29 is 29.3 Å². The average Bonchev–Trinajstić information content (AvgIpc) is 3.37. The quantitative estimate of drug-likeness (QED) is 0.531. The standard InChI is InChI=1S/C25H28N2O6/c28-22(27-14-12-25(32,16-27)23(29)30)11-5-6-13-26-24(31)33-15-21-19-9-3-1-7-17(19)18-8-2-4-10-20(18)21/h1-4,7-10,21,32H,5-6,11-16H2,(H,26,31)(H,29,30). The van der Waals surface area contributed by atoms with Crippen LogP contribution in [-0.4, -0.2) is 64.9 Å². The Morgan fingerprint density at radius 1 is 1.03 bits per heavy atom. The highest BCUT2D eigenvalue weighted by atomic mass is 16.5. The molecule has 2 aromatic carbocycles. The fourth-order valence-corrected chi connectivity index (χ4v) is 4.58.